The van der Waals surface area contributed by atoms with Crippen molar-refractivity contribution in [3.8, 4) is 11.5 Å². The molecule has 8 nitrogen and oxygen atoms in total. The molecule has 0 spiro atoms. The van der Waals surface area contributed by atoms with Crippen molar-refractivity contribution in [3.05, 3.63) is 64.7 Å². The van der Waals surface area contributed by atoms with E-state index in [0.717, 1.165) is 23.3 Å². The number of benzene rings is 2. The highest BCUT2D eigenvalue weighted by molar-refractivity contribution is 7.89. The van der Waals surface area contributed by atoms with Gasteiger partial charge in [0.25, 0.3) is 0 Å². The van der Waals surface area contributed by atoms with Crippen molar-refractivity contribution in [2.75, 3.05) is 53.0 Å². The molecular weight excluding hydrogens is 511 g/mol. The number of hydrogen-bond donors (Lipinski definition) is 1. The fraction of sp³-hybridized carbons (Fsp3) is 0.400. The van der Waals surface area contributed by atoms with Gasteiger partial charge >= 0.3 is 6.18 Å². The number of halogens is 3. The lowest BCUT2D eigenvalue weighted by atomic mass is 9.95. The minimum Gasteiger partial charge on any atom is -0.486 e. The van der Waals surface area contributed by atoms with Crippen molar-refractivity contribution in [2.45, 2.75) is 17.0 Å². The second-order valence-corrected chi connectivity index (χ2v) is 11.2. The van der Waals surface area contributed by atoms with Crippen LogP contribution in [0, 0.1) is 0 Å². The Hall–Kier alpha value is -3.09. The Morgan fingerprint density at radius 1 is 1.00 bits per heavy atom. The first-order valence-corrected chi connectivity index (χ1v) is 13.2. The van der Waals surface area contributed by atoms with Crippen LogP contribution in [0.2, 0.25) is 0 Å². The summed E-state index contributed by atoms with van der Waals surface area (Å²) in [6.45, 7) is 1.69. The van der Waals surface area contributed by atoms with Gasteiger partial charge in [-0.25, -0.2) is 8.42 Å². The zero-order valence-electron chi connectivity index (χ0n) is 20.0. The minimum atomic E-state index is -4.51. The number of hydrogen-bond acceptors (Lipinski definition) is 6. The van der Waals surface area contributed by atoms with Gasteiger partial charge < -0.3 is 19.7 Å². The molecule has 12 heteroatoms. The fourth-order valence-electron chi connectivity index (χ4n) is 4.91. The number of carbonyl (C=O) groups is 1. The average molecular weight is 538 g/mol. The first-order chi connectivity index (χ1) is 17.6. The highest BCUT2D eigenvalue weighted by Gasteiger charge is 2.40. The number of amides is 1. The second-order valence-electron chi connectivity index (χ2n) is 9.21. The van der Waals surface area contributed by atoms with Gasteiger partial charge in [0.15, 0.2) is 11.5 Å². The maximum atomic E-state index is 13.4. The van der Waals surface area contributed by atoms with E-state index in [1.54, 1.807) is 18.0 Å². The van der Waals surface area contributed by atoms with Crippen molar-refractivity contribution >= 4 is 15.9 Å². The molecule has 37 heavy (non-hydrogen) atoms. The summed E-state index contributed by atoms with van der Waals surface area (Å²) < 4.78 is 78.6. The van der Waals surface area contributed by atoms with Gasteiger partial charge in [-0.2, -0.15) is 17.5 Å². The molecule has 1 amide bonds. The number of ether oxygens (including phenoxy) is 2. The maximum Gasteiger partial charge on any atom is 0.416 e. The molecule has 1 unspecified atom stereocenters. The molecule has 3 aliphatic heterocycles. The van der Waals surface area contributed by atoms with Crippen molar-refractivity contribution in [1.82, 2.24) is 14.5 Å². The third-order valence-electron chi connectivity index (χ3n) is 6.78. The molecular formula is C25H26F3N3O5S. The summed E-state index contributed by atoms with van der Waals surface area (Å²) in [5.74, 6) is -0.221. The molecule has 0 fully saturated rings. The SMILES string of the molecule is CNCC(C(=O)N1CC2=C(C1)CN(S(=O)(=O)c1ccc3c(c1)OCCO3)C2)c1cccc(C(F)(F)F)c1. The van der Waals surface area contributed by atoms with Gasteiger partial charge in [0.2, 0.25) is 15.9 Å². The Bertz CT molecular complexity index is 1340. The first-order valence-electron chi connectivity index (χ1n) is 11.8. The average Bonchev–Trinajstić information content (AvgIpc) is 3.46. The molecule has 1 N–H and O–H groups in total. The standard InChI is InChI=1S/C25H26F3N3O5S/c1-29-11-21(16-3-2-4-19(9-16)25(26,27)28)24(32)30-12-17-14-31(15-18(17)13-30)37(33,34)20-5-6-22-23(10-20)36-8-7-35-22/h2-6,9-10,21,29H,7-8,11-15H2,1H3. The first kappa shape index (κ1) is 25.6. The summed E-state index contributed by atoms with van der Waals surface area (Å²) in [4.78, 5) is 15.1. The molecule has 3 aliphatic rings. The largest absolute Gasteiger partial charge is 0.486 e. The van der Waals surface area contributed by atoms with Gasteiger partial charge in [-0.15, -0.1) is 0 Å². The molecule has 5 rings (SSSR count). The monoisotopic (exact) mass is 537 g/mol. The highest BCUT2D eigenvalue weighted by Crippen LogP contribution is 2.36. The predicted molar refractivity (Wildman–Crippen MR) is 128 cm³/mol. The number of alkyl halides is 3. The van der Waals surface area contributed by atoms with E-state index >= 15 is 0 Å². The van der Waals surface area contributed by atoms with Crippen molar-refractivity contribution < 1.29 is 35.9 Å². The van der Waals surface area contributed by atoms with Gasteiger partial charge in [0, 0.05) is 38.8 Å². The molecule has 198 valence electrons. The maximum absolute atomic E-state index is 13.4. The Morgan fingerprint density at radius 3 is 2.32 bits per heavy atom. The number of carbonyl (C=O) groups excluding carboxylic acids is 1. The van der Waals surface area contributed by atoms with Crippen molar-refractivity contribution in [2.24, 2.45) is 0 Å². The van der Waals surface area contributed by atoms with Crippen LogP contribution in [0.1, 0.15) is 17.0 Å². The van der Waals surface area contributed by atoms with E-state index in [1.807, 2.05) is 0 Å². The van der Waals surface area contributed by atoms with Crippen LogP contribution in [0.15, 0.2) is 58.5 Å². The van der Waals surface area contributed by atoms with Crippen LogP contribution in [-0.2, 0) is 21.0 Å². The zero-order valence-corrected chi connectivity index (χ0v) is 20.9. The molecule has 2 aromatic rings. The molecule has 0 bridgehead atoms. The molecule has 0 saturated heterocycles. The van der Waals surface area contributed by atoms with Crippen molar-refractivity contribution in [3.63, 3.8) is 0 Å². The third-order valence-corrected chi connectivity index (χ3v) is 8.57. The summed E-state index contributed by atoms with van der Waals surface area (Å²) in [6, 6.07) is 9.34. The normalized spacial score (nSPS) is 18.8. The zero-order chi connectivity index (χ0) is 26.4. The van der Waals surface area contributed by atoms with E-state index in [1.165, 1.54) is 28.6 Å². The van der Waals surface area contributed by atoms with Crippen molar-refractivity contribution in [1.29, 1.82) is 0 Å². The van der Waals surface area contributed by atoms with Crippen LogP contribution >= 0.6 is 0 Å². The van der Waals surface area contributed by atoms with Gasteiger partial charge in [-0.1, -0.05) is 18.2 Å². The number of nitrogens with one attached hydrogen (secondary N) is 1. The van der Waals surface area contributed by atoms with Gasteiger partial charge in [0.1, 0.15) is 13.2 Å². The number of nitrogens with zero attached hydrogens (tertiary/aromatic N) is 2. The summed E-state index contributed by atoms with van der Waals surface area (Å²) in [7, 11) is -2.17. The molecule has 0 aromatic heterocycles. The lowest BCUT2D eigenvalue weighted by Crippen LogP contribution is -2.40. The second kappa shape index (κ2) is 9.66. The van der Waals surface area contributed by atoms with Gasteiger partial charge in [-0.3, -0.25) is 4.79 Å². The van der Waals surface area contributed by atoms with Gasteiger partial charge in [-0.05, 0) is 42.0 Å². The van der Waals surface area contributed by atoms with Crippen LogP contribution in [0.25, 0.3) is 0 Å². The van der Waals surface area contributed by atoms with E-state index in [4.69, 9.17) is 9.47 Å². The molecule has 1 atom stereocenters. The minimum absolute atomic E-state index is 0.101. The van der Waals surface area contributed by atoms with E-state index in [0.29, 0.717) is 24.7 Å². The Balaban J connectivity index is 1.28. The van der Waals surface area contributed by atoms with E-state index in [9.17, 15) is 26.4 Å². The summed E-state index contributed by atoms with van der Waals surface area (Å²) >= 11 is 0. The number of likely N-dealkylation sites (N-methyl/N-ethyl adjacent to an activating group) is 1. The smallest absolute Gasteiger partial charge is 0.416 e. The summed E-state index contributed by atoms with van der Waals surface area (Å²) in [5.41, 5.74) is 1.15. The van der Waals surface area contributed by atoms with Crippen LogP contribution in [-0.4, -0.2) is 76.5 Å². The predicted octanol–water partition coefficient (Wildman–Crippen LogP) is 2.62. The van der Waals surface area contributed by atoms with Crippen LogP contribution in [0.3, 0.4) is 0 Å². The van der Waals surface area contributed by atoms with E-state index in [2.05, 4.69) is 5.32 Å². The van der Waals surface area contributed by atoms with E-state index < -0.39 is 27.7 Å². The van der Waals surface area contributed by atoms with E-state index in [-0.39, 0.29) is 49.1 Å². The lowest BCUT2D eigenvalue weighted by Gasteiger charge is -2.27. The summed E-state index contributed by atoms with van der Waals surface area (Å²) in [6.07, 6.45) is -4.51. The topological polar surface area (TPSA) is 88.2 Å². The summed E-state index contributed by atoms with van der Waals surface area (Å²) in [5, 5.41) is 2.90. The third kappa shape index (κ3) is 4.92. The molecule has 0 saturated carbocycles. The Labute approximate surface area is 212 Å². The highest BCUT2D eigenvalue weighted by atomic mass is 32.2. The quantitative estimate of drug-likeness (QED) is 0.571. The van der Waals surface area contributed by atoms with Crippen LogP contribution in [0.5, 0.6) is 11.5 Å². The molecule has 2 aromatic carbocycles. The number of sulfonamides is 1. The molecule has 0 aliphatic carbocycles. The van der Waals surface area contributed by atoms with Gasteiger partial charge in [0.05, 0.1) is 16.4 Å². The number of rotatable bonds is 6. The molecule has 3 heterocycles. The number of fused-ring (bicyclic) bond motifs is 1. The Kier molecular flexibility index (Phi) is 6.67. The Morgan fingerprint density at radius 2 is 1.68 bits per heavy atom. The molecule has 0 radical (unpaired) electrons. The lowest BCUT2D eigenvalue weighted by molar-refractivity contribution is -0.138. The fourth-order valence-corrected chi connectivity index (χ4v) is 6.35. The van der Waals surface area contributed by atoms with Crippen LogP contribution < -0.4 is 14.8 Å². The van der Waals surface area contributed by atoms with Crippen LogP contribution in [0.4, 0.5) is 13.2 Å².